The van der Waals surface area contributed by atoms with E-state index in [2.05, 4.69) is 10.4 Å². The van der Waals surface area contributed by atoms with Gasteiger partial charge in [-0.15, -0.1) is 0 Å². The quantitative estimate of drug-likeness (QED) is 0.546. The monoisotopic (exact) mass is 481 g/mol. The van der Waals surface area contributed by atoms with Gasteiger partial charge < -0.3 is 10.1 Å². The number of rotatable bonds is 9. The Morgan fingerprint density at radius 1 is 1.28 bits per heavy atom. The van der Waals surface area contributed by atoms with Crippen LogP contribution in [0.2, 0.25) is 5.02 Å². The van der Waals surface area contributed by atoms with Gasteiger partial charge in [0.15, 0.2) is 15.7 Å². The van der Waals surface area contributed by atoms with Crippen molar-refractivity contribution in [1.82, 2.24) is 9.78 Å². The van der Waals surface area contributed by atoms with Gasteiger partial charge in [0.1, 0.15) is 6.61 Å². The van der Waals surface area contributed by atoms with Crippen molar-refractivity contribution in [3.63, 3.8) is 0 Å². The van der Waals surface area contributed by atoms with Gasteiger partial charge in [-0.25, -0.2) is 8.42 Å². The molecule has 174 valence electrons. The van der Waals surface area contributed by atoms with Gasteiger partial charge in [0.05, 0.1) is 22.4 Å². The molecule has 1 fully saturated rings. The molecule has 0 bridgehead atoms. The Morgan fingerprint density at radius 2 is 2.00 bits per heavy atom. The largest absolute Gasteiger partial charge is 0.464 e. The van der Waals surface area contributed by atoms with Crippen molar-refractivity contribution in [1.29, 1.82) is 0 Å². The first-order valence-corrected chi connectivity index (χ1v) is 12.9. The molecular formula is C22H28ClN3O5S. The molecule has 1 N–H and O–H groups in total. The van der Waals surface area contributed by atoms with Crippen LogP contribution >= 0.6 is 11.6 Å². The van der Waals surface area contributed by atoms with E-state index in [0.717, 1.165) is 31.9 Å². The minimum absolute atomic E-state index is 0.0504. The molecule has 3 rings (SSSR count). The normalized spacial score (nSPS) is 15.5. The summed E-state index contributed by atoms with van der Waals surface area (Å²) in [5, 5.41) is 7.28. The third-order valence-corrected chi connectivity index (χ3v) is 7.22. The molecular weight excluding hydrogens is 454 g/mol. The molecule has 0 unspecified atom stereocenters. The summed E-state index contributed by atoms with van der Waals surface area (Å²) in [6.07, 6.45) is 7.91. The lowest BCUT2D eigenvalue weighted by atomic mass is 9.87. The Bertz CT molecular complexity index is 1080. The van der Waals surface area contributed by atoms with Crippen LogP contribution in [0, 0.1) is 5.92 Å². The zero-order valence-corrected chi connectivity index (χ0v) is 19.8. The van der Waals surface area contributed by atoms with Gasteiger partial charge in [-0.3, -0.25) is 14.3 Å². The van der Waals surface area contributed by atoms with Crippen molar-refractivity contribution in [3.8, 4) is 0 Å². The summed E-state index contributed by atoms with van der Waals surface area (Å²) in [6, 6.07) is 6.39. The lowest BCUT2D eigenvalue weighted by molar-refractivity contribution is -0.141. The second-order valence-corrected chi connectivity index (χ2v) is 10.6. The SMILES string of the molecule is CC(=O)OCCn1ccc(NC(=O)[C@H](CC2CCCC2)c2ccc(S(C)(=O)=O)c(Cl)c2)n1. The second kappa shape index (κ2) is 10.5. The highest BCUT2D eigenvalue weighted by Crippen LogP contribution is 2.36. The van der Waals surface area contributed by atoms with Gasteiger partial charge in [-0.1, -0.05) is 43.4 Å². The fraction of sp³-hybridized carbons (Fsp3) is 0.500. The molecule has 1 aliphatic rings. The van der Waals surface area contributed by atoms with E-state index in [4.69, 9.17) is 16.3 Å². The number of anilines is 1. The maximum Gasteiger partial charge on any atom is 0.302 e. The standard InChI is InChI=1S/C22H28ClN3O5S/c1-15(27)31-12-11-26-10-9-21(25-26)24-22(28)18(13-16-5-3-4-6-16)17-7-8-20(19(23)14-17)32(2,29)30/h7-10,14,16,18H,3-6,11-13H2,1-2H3,(H,24,25,28)/t18-/m1/s1. The van der Waals surface area contributed by atoms with Crippen LogP contribution in [0.4, 0.5) is 5.82 Å². The number of sulfone groups is 1. The zero-order valence-electron chi connectivity index (χ0n) is 18.2. The summed E-state index contributed by atoms with van der Waals surface area (Å²) >= 11 is 6.25. The van der Waals surface area contributed by atoms with Crippen LogP contribution in [0.5, 0.6) is 0 Å². The van der Waals surface area contributed by atoms with Gasteiger partial charge in [-0.05, 0) is 30.0 Å². The number of carbonyl (C=O) groups is 2. The number of ether oxygens (including phenoxy) is 1. The second-order valence-electron chi connectivity index (χ2n) is 8.19. The molecule has 32 heavy (non-hydrogen) atoms. The minimum atomic E-state index is -3.45. The predicted molar refractivity (Wildman–Crippen MR) is 121 cm³/mol. The molecule has 1 saturated carbocycles. The fourth-order valence-corrected chi connectivity index (χ4v) is 5.40. The topological polar surface area (TPSA) is 107 Å². The number of nitrogens with one attached hydrogen (secondary N) is 1. The summed E-state index contributed by atoms with van der Waals surface area (Å²) < 4.78 is 30.3. The van der Waals surface area contributed by atoms with Crippen LogP contribution in [-0.2, 0) is 30.7 Å². The van der Waals surface area contributed by atoms with Crippen molar-refractivity contribution in [2.24, 2.45) is 5.92 Å². The molecule has 1 atom stereocenters. The lowest BCUT2D eigenvalue weighted by Crippen LogP contribution is -2.23. The smallest absolute Gasteiger partial charge is 0.302 e. The molecule has 1 aromatic heterocycles. The van der Waals surface area contributed by atoms with Crippen molar-refractivity contribution in [3.05, 3.63) is 41.0 Å². The third kappa shape index (κ3) is 6.56. The Hall–Kier alpha value is -2.39. The first-order chi connectivity index (χ1) is 15.1. The molecule has 0 radical (unpaired) electrons. The number of amides is 1. The number of hydrogen-bond acceptors (Lipinski definition) is 6. The third-order valence-electron chi connectivity index (χ3n) is 5.64. The van der Waals surface area contributed by atoms with Crippen molar-refractivity contribution in [2.45, 2.75) is 56.4 Å². The number of aromatic nitrogens is 2. The van der Waals surface area contributed by atoms with Crippen LogP contribution in [0.25, 0.3) is 0 Å². The van der Waals surface area contributed by atoms with E-state index in [1.807, 2.05) is 0 Å². The zero-order chi connectivity index (χ0) is 23.3. The number of benzene rings is 1. The number of hydrogen-bond donors (Lipinski definition) is 1. The summed E-state index contributed by atoms with van der Waals surface area (Å²) in [7, 11) is -3.45. The molecule has 1 amide bonds. The summed E-state index contributed by atoms with van der Waals surface area (Å²) in [5.41, 5.74) is 0.682. The van der Waals surface area contributed by atoms with E-state index >= 15 is 0 Å². The van der Waals surface area contributed by atoms with E-state index in [9.17, 15) is 18.0 Å². The lowest BCUT2D eigenvalue weighted by Gasteiger charge is -2.21. The first-order valence-electron chi connectivity index (χ1n) is 10.6. The van der Waals surface area contributed by atoms with E-state index in [1.54, 1.807) is 29.1 Å². The molecule has 8 nitrogen and oxygen atoms in total. The molecule has 1 heterocycles. The Morgan fingerprint density at radius 3 is 2.62 bits per heavy atom. The van der Waals surface area contributed by atoms with Crippen LogP contribution < -0.4 is 5.32 Å². The highest BCUT2D eigenvalue weighted by atomic mass is 35.5. The van der Waals surface area contributed by atoms with Gasteiger partial charge in [0, 0.05) is 25.4 Å². The van der Waals surface area contributed by atoms with E-state index in [0.29, 0.717) is 30.3 Å². The van der Waals surface area contributed by atoms with Crippen LogP contribution in [0.3, 0.4) is 0 Å². The predicted octanol–water partition coefficient (Wildman–Crippen LogP) is 3.81. The number of halogens is 1. The van der Waals surface area contributed by atoms with Gasteiger partial charge in [0.2, 0.25) is 5.91 Å². The van der Waals surface area contributed by atoms with Gasteiger partial charge in [0.25, 0.3) is 0 Å². The molecule has 1 aromatic carbocycles. The highest BCUT2D eigenvalue weighted by Gasteiger charge is 2.28. The summed E-state index contributed by atoms with van der Waals surface area (Å²) in [5.74, 6) is -0.227. The molecule has 1 aliphatic carbocycles. The van der Waals surface area contributed by atoms with Crippen molar-refractivity contribution >= 4 is 39.1 Å². The van der Waals surface area contributed by atoms with Crippen LogP contribution in [-0.4, -0.2) is 42.9 Å². The van der Waals surface area contributed by atoms with Crippen LogP contribution in [0.15, 0.2) is 35.4 Å². The van der Waals surface area contributed by atoms with E-state index in [1.165, 1.54) is 13.0 Å². The number of nitrogens with zero attached hydrogens (tertiary/aromatic N) is 2. The maximum absolute atomic E-state index is 13.2. The van der Waals surface area contributed by atoms with Crippen LogP contribution in [0.1, 0.15) is 50.5 Å². The Kier molecular flexibility index (Phi) is 7.95. The van der Waals surface area contributed by atoms with Gasteiger partial charge >= 0.3 is 5.97 Å². The molecule has 0 spiro atoms. The molecule has 10 heteroatoms. The number of carbonyl (C=O) groups excluding carboxylic acids is 2. The average Bonchev–Trinajstić information content (AvgIpc) is 3.36. The molecule has 2 aromatic rings. The maximum atomic E-state index is 13.2. The minimum Gasteiger partial charge on any atom is -0.464 e. The Balaban J connectivity index is 1.77. The Labute approximate surface area is 193 Å². The summed E-state index contributed by atoms with van der Waals surface area (Å²) in [6.45, 7) is 1.91. The molecule has 0 saturated heterocycles. The van der Waals surface area contributed by atoms with Crippen molar-refractivity contribution < 1.29 is 22.7 Å². The van der Waals surface area contributed by atoms with Crippen molar-refractivity contribution in [2.75, 3.05) is 18.2 Å². The van der Waals surface area contributed by atoms with E-state index < -0.39 is 15.8 Å². The number of esters is 1. The fourth-order valence-electron chi connectivity index (χ4n) is 4.06. The average molecular weight is 482 g/mol. The summed E-state index contributed by atoms with van der Waals surface area (Å²) in [4.78, 5) is 24.2. The van der Waals surface area contributed by atoms with E-state index in [-0.39, 0.29) is 28.4 Å². The van der Waals surface area contributed by atoms with Gasteiger partial charge in [-0.2, -0.15) is 5.10 Å². The highest BCUT2D eigenvalue weighted by molar-refractivity contribution is 7.90. The first kappa shape index (κ1) is 24.3. The molecule has 0 aliphatic heterocycles.